The zero-order valence-electron chi connectivity index (χ0n) is 15.1. The van der Waals surface area contributed by atoms with Crippen LogP contribution in [-0.2, 0) is 4.79 Å². The molecule has 1 fully saturated rings. The Balaban J connectivity index is 1.46. The van der Waals surface area contributed by atoms with Crippen LogP contribution in [0, 0.1) is 11.7 Å². The number of Topliss-reactive ketones (excluding diaryl/α,β-unsaturated/α-hetero) is 1. The monoisotopic (exact) mass is 370 g/mol. The molecular weight excluding hydrogens is 347 g/mol. The lowest BCUT2D eigenvalue weighted by Crippen LogP contribution is -2.40. The van der Waals surface area contributed by atoms with E-state index < -0.39 is 11.9 Å². The van der Waals surface area contributed by atoms with Gasteiger partial charge in [-0.25, -0.2) is 4.39 Å². The summed E-state index contributed by atoms with van der Waals surface area (Å²) >= 11 is 0. The summed E-state index contributed by atoms with van der Waals surface area (Å²) in [6.07, 6.45) is 2.70. The highest BCUT2D eigenvalue weighted by atomic mass is 19.1. The molecule has 0 bridgehead atoms. The van der Waals surface area contributed by atoms with Gasteiger partial charge in [-0.2, -0.15) is 0 Å². The lowest BCUT2D eigenvalue weighted by molar-refractivity contribution is -0.133. The molecular formula is C21H23FN2O3. The van der Waals surface area contributed by atoms with Gasteiger partial charge in [0.15, 0.2) is 5.78 Å². The number of rotatable bonds is 6. The van der Waals surface area contributed by atoms with Crippen LogP contribution < -0.4 is 0 Å². The number of amides is 1. The first-order valence-electron chi connectivity index (χ1n) is 9.20. The number of aromatic nitrogens is 1. The number of nitrogens with zero attached hydrogens (tertiary/aromatic N) is 2. The van der Waals surface area contributed by atoms with Gasteiger partial charge in [0.2, 0.25) is 5.91 Å². The van der Waals surface area contributed by atoms with Crippen molar-refractivity contribution in [3.8, 4) is 0 Å². The molecule has 2 aromatic rings. The van der Waals surface area contributed by atoms with Gasteiger partial charge in [0.25, 0.3) is 0 Å². The number of carbonyl (C=O) groups excluding carboxylic acids is 2. The van der Waals surface area contributed by atoms with Gasteiger partial charge in [-0.3, -0.25) is 14.6 Å². The number of piperidine rings is 1. The van der Waals surface area contributed by atoms with E-state index in [1.807, 2.05) is 18.2 Å². The molecule has 2 heterocycles. The van der Waals surface area contributed by atoms with E-state index in [0.717, 1.165) is 0 Å². The van der Waals surface area contributed by atoms with E-state index in [1.54, 1.807) is 11.1 Å². The maximum Gasteiger partial charge on any atom is 0.223 e. The van der Waals surface area contributed by atoms with Gasteiger partial charge in [0.1, 0.15) is 5.82 Å². The lowest BCUT2D eigenvalue weighted by Gasteiger charge is -2.34. The third-order valence-corrected chi connectivity index (χ3v) is 5.06. The highest BCUT2D eigenvalue weighted by Gasteiger charge is 2.28. The zero-order chi connectivity index (χ0) is 19.2. The molecule has 0 aliphatic carbocycles. The summed E-state index contributed by atoms with van der Waals surface area (Å²) in [7, 11) is 0. The molecule has 1 aromatic heterocycles. The second-order valence-corrected chi connectivity index (χ2v) is 6.85. The van der Waals surface area contributed by atoms with Crippen molar-refractivity contribution in [2.24, 2.45) is 5.92 Å². The van der Waals surface area contributed by atoms with E-state index in [0.29, 0.717) is 37.2 Å². The Morgan fingerprint density at radius 3 is 2.44 bits per heavy atom. The number of carbonyl (C=O) groups is 2. The summed E-state index contributed by atoms with van der Waals surface area (Å²) in [5.41, 5.74) is 1.08. The van der Waals surface area contributed by atoms with Crippen molar-refractivity contribution in [2.75, 3.05) is 13.1 Å². The fourth-order valence-electron chi connectivity index (χ4n) is 3.42. The van der Waals surface area contributed by atoms with E-state index in [-0.39, 0.29) is 30.4 Å². The molecule has 0 saturated carbocycles. The standard InChI is InChI=1S/C21H23FN2O3/c22-17-6-4-15(5-7-17)19(25)8-9-20(26)24-13-10-16(11-14-24)21(27)18-3-1-2-12-23-18/h1-7,12,16,21,27H,8-11,13-14H2. The number of hydrogen-bond acceptors (Lipinski definition) is 4. The molecule has 1 atom stereocenters. The van der Waals surface area contributed by atoms with Crippen molar-refractivity contribution >= 4 is 11.7 Å². The van der Waals surface area contributed by atoms with E-state index in [9.17, 15) is 19.1 Å². The van der Waals surface area contributed by atoms with Crippen molar-refractivity contribution in [3.63, 3.8) is 0 Å². The summed E-state index contributed by atoms with van der Waals surface area (Å²) in [6, 6.07) is 10.8. The molecule has 27 heavy (non-hydrogen) atoms. The molecule has 5 nitrogen and oxygen atoms in total. The average molecular weight is 370 g/mol. The molecule has 6 heteroatoms. The Bertz CT molecular complexity index is 772. The van der Waals surface area contributed by atoms with Crippen molar-refractivity contribution in [2.45, 2.75) is 31.8 Å². The SMILES string of the molecule is O=C(CCC(=O)N1CCC(C(O)c2ccccn2)CC1)c1ccc(F)cc1. The molecule has 142 valence electrons. The Hall–Kier alpha value is -2.60. The van der Waals surface area contributed by atoms with Crippen LogP contribution in [0.1, 0.15) is 47.8 Å². The Morgan fingerprint density at radius 2 is 1.81 bits per heavy atom. The second-order valence-electron chi connectivity index (χ2n) is 6.85. The largest absolute Gasteiger partial charge is 0.387 e. The predicted molar refractivity (Wildman–Crippen MR) is 98.5 cm³/mol. The number of pyridine rings is 1. The Kier molecular flexibility index (Phi) is 6.29. The molecule has 1 aliphatic rings. The molecule has 1 N–H and O–H groups in total. The van der Waals surface area contributed by atoms with Gasteiger partial charge in [-0.1, -0.05) is 6.07 Å². The Labute approximate surface area is 157 Å². The van der Waals surface area contributed by atoms with E-state index in [4.69, 9.17) is 0 Å². The quantitative estimate of drug-likeness (QED) is 0.793. The van der Waals surface area contributed by atoms with Gasteiger partial charge in [-0.05, 0) is 55.2 Å². The summed E-state index contributed by atoms with van der Waals surface area (Å²) in [5.74, 6) is -0.539. The minimum Gasteiger partial charge on any atom is -0.387 e. The van der Waals surface area contributed by atoms with Crippen LogP contribution in [0.15, 0.2) is 48.7 Å². The minimum atomic E-state index is -0.622. The number of hydrogen-bond donors (Lipinski definition) is 1. The fraction of sp³-hybridized carbons (Fsp3) is 0.381. The summed E-state index contributed by atoms with van der Waals surface area (Å²) in [4.78, 5) is 30.4. The van der Waals surface area contributed by atoms with Crippen molar-refractivity contribution in [1.82, 2.24) is 9.88 Å². The van der Waals surface area contributed by atoms with E-state index >= 15 is 0 Å². The van der Waals surface area contributed by atoms with Crippen LogP contribution in [0.3, 0.4) is 0 Å². The molecule has 1 unspecified atom stereocenters. The smallest absolute Gasteiger partial charge is 0.223 e. The lowest BCUT2D eigenvalue weighted by atomic mass is 9.89. The van der Waals surface area contributed by atoms with Crippen molar-refractivity contribution < 1.29 is 19.1 Å². The number of ketones is 1. The topological polar surface area (TPSA) is 70.5 Å². The molecule has 0 radical (unpaired) electrons. The highest BCUT2D eigenvalue weighted by molar-refractivity contribution is 5.97. The normalized spacial score (nSPS) is 16.1. The zero-order valence-corrected chi connectivity index (χ0v) is 15.1. The number of likely N-dealkylation sites (tertiary alicyclic amines) is 1. The van der Waals surface area contributed by atoms with Crippen LogP contribution in [0.4, 0.5) is 4.39 Å². The third kappa shape index (κ3) is 4.98. The molecule has 1 saturated heterocycles. The summed E-state index contributed by atoms with van der Waals surface area (Å²) in [5, 5.41) is 10.5. The highest BCUT2D eigenvalue weighted by Crippen LogP contribution is 2.29. The number of aliphatic hydroxyl groups excluding tert-OH is 1. The van der Waals surface area contributed by atoms with Crippen LogP contribution in [-0.4, -0.2) is 39.8 Å². The van der Waals surface area contributed by atoms with Crippen LogP contribution in [0.5, 0.6) is 0 Å². The predicted octanol–water partition coefficient (Wildman–Crippen LogP) is 3.16. The van der Waals surface area contributed by atoms with Crippen LogP contribution in [0.2, 0.25) is 0 Å². The summed E-state index contributed by atoms with van der Waals surface area (Å²) in [6.45, 7) is 1.14. The Morgan fingerprint density at radius 1 is 1.11 bits per heavy atom. The number of benzene rings is 1. The van der Waals surface area contributed by atoms with Gasteiger partial charge < -0.3 is 10.0 Å². The second kappa shape index (κ2) is 8.86. The fourth-order valence-corrected chi connectivity index (χ4v) is 3.42. The van der Waals surface area contributed by atoms with Gasteiger partial charge >= 0.3 is 0 Å². The average Bonchev–Trinajstić information content (AvgIpc) is 2.72. The molecule has 1 aromatic carbocycles. The van der Waals surface area contributed by atoms with Crippen LogP contribution in [0.25, 0.3) is 0 Å². The first kappa shape index (κ1) is 19.2. The third-order valence-electron chi connectivity index (χ3n) is 5.06. The number of halogens is 1. The van der Waals surface area contributed by atoms with E-state index in [1.165, 1.54) is 24.3 Å². The molecule has 3 rings (SSSR count). The summed E-state index contributed by atoms with van der Waals surface area (Å²) < 4.78 is 12.9. The first-order chi connectivity index (χ1) is 13.0. The maximum atomic E-state index is 12.9. The van der Waals surface area contributed by atoms with Gasteiger partial charge in [0, 0.05) is 37.7 Å². The van der Waals surface area contributed by atoms with Gasteiger partial charge in [-0.15, -0.1) is 0 Å². The molecule has 0 spiro atoms. The molecule has 1 aliphatic heterocycles. The van der Waals surface area contributed by atoms with Gasteiger partial charge in [0.05, 0.1) is 11.8 Å². The van der Waals surface area contributed by atoms with Crippen molar-refractivity contribution in [1.29, 1.82) is 0 Å². The van der Waals surface area contributed by atoms with Crippen LogP contribution >= 0.6 is 0 Å². The first-order valence-corrected chi connectivity index (χ1v) is 9.20. The van der Waals surface area contributed by atoms with Crippen molar-refractivity contribution in [3.05, 3.63) is 65.7 Å². The number of aliphatic hydroxyl groups is 1. The minimum absolute atomic E-state index is 0.0590. The maximum absolute atomic E-state index is 12.9. The van der Waals surface area contributed by atoms with E-state index in [2.05, 4.69) is 4.98 Å². The molecule has 1 amide bonds.